The van der Waals surface area contributed by atoms with Gasteiger partial charge in [-0.05, 0) is 36.8 Å². The molecule has 0 saturated heterocycles. The maximum Gasteiger partial charge on any atom is 0.258 e. The van der Waals surface area contributed by atoms with Gasteiger partial charge in [-0.1, -0.05) is 18.2 Å². The number of aliphatic hydroxyl groups excluding tert-OH is 1. The van der Waals surface area contributed by atoms with Gasteiger partial charge in [-0.15, -0.1) is 0 Å². The highest BCUT2D eigenvalue weighted by molar-refractivity contribution is 5.77. The molecule has 2 aromatic rings. The molecule has 2 aromatic carbocycles. The molecule has 1 amide bonds. The van der Waals surface area contributed by atoms with E-state index in [1.165, 1.54) is 14.2 Å². The Bertz CT molecular complexity index is 749. The Morgan fingerprint density at radius 1 is 1.00 bits per heavy atom. The third kappa shape index (κ3) is 5.79. The van der Waals surface area contributed by atoms with Crippen LogP contribution < -0.4 is 24.3 Å². The number of carbonyl (C=O) groups is 1. The van der Waals surface area contributed by atoms with Crippen molar-refractivity contribution in [3.8, 4) is 23.0 Å². The van der Waals surface area contributed by atoms with Crippen molar-refractivity contribution < 1.29 is 28.8 Å². The van der Waals surface area contributed by atoms with Crippen molar-refractivity contribution in [2.24, 2.45) is 0 Å². The van der Waals surface area contributed by atoms with Crippen LogP contribution >= 0.6 is 0 Å². The van der Waals surface area contributed by atoms with Crippen molar-refractivity contribution in [1.82, 2.24) is 5.32 Å². The minimum atomic E-state index is -0.885. The van der Waals surface area contributed by atoms with E-state index in [0.717, 1.165) is 0 Å². The smallest absolute Gasteiger partial charge is 0.258 e. The number of benzene rings is 2. The molecular weight excluding hydrogens is 350 g/mol. The summed E-state index contributed by atoms with van der Waals surface area (Å²) in [6.45, 7) is 2.25. The lowest BCUT2D eigenvalue weighted by Crippen LogP contribution is -2.32. The predicted molar refractivity (Wildman–Crippen MR) is 101 cm³/mol. The molecule has 0 radical (unpaired) electrons. The third-order valence-electron chi connectivity index (χ3n) is 3.79. The molecule has 0 bridgehead atoms. The molecule has 0 aliphatic heterocycles. The summed E-state index contributed by atoms with van der Waals surface area (Å²) in [5.74, 6) is 1.81. The molecule has 0 aliphatic carbocycles. The fraction of sp³-hybridized carbons (Fsp3) is 0.350. The second-order valence-corrected chi connectivity index (χ2v) is 5.60. The Kier molecular flexibility index (Phi) is 7.76. The van der Waals surface area contributed by atoms with Gasteiger partial charge >= 0.3 is 0 Å². The average molecular weight is 375 g/mol. The summed E-state index contributed by atoms with van der Waals surface area (Å²) < 4.78 is 21.3. The molecule has 1 atom stereocenters. The van der Waals surface area contributed by atoms with E-state index < -0.39 is 6.10 Å². The number of para-hydroxylation sites is 2. The van der Waals surface area contributed by atoms with Crippen LogP contribution in [0, 0.1) is 0 Å². The van der Waals surface area contributed by atoms with Crippen LogP contribution in [0.5, 0.6) is 23.0 Å². The number of aliphatic hydroxyl groups is 1. The number of nitrogens with one attached hydrogen (secondary N) is 1. The molecule has 2 rings (SSSR count). The molecule has 146 valence electrons. The first-order valence-corrected chi connectivity index (χ1v) is 8.60. The van der Waals surface area contributed by atoms with Gasteiger partial charge in [0.05, 0.1) is 26.9 Å². The lowest BCUT2D eigenvalue weighted by atomic mass is 10.1. The Balaban J connectivity index is 1.86. The summed E-state index contributed by atoms with van der Waals surface area (Å²) in [6.07, 6.45) is -0.885. The number of hydrogen-bond donors (Lipinski definition) is 2. The zero-order valence-corrected chi connectivity index (χ0v) is 15.7. The molecule has 0 saturated carbocycles. The number of amides is 1. The summed E-state index contributed by atoms with van der Waals surface area (Å²) in [5.41, 5.74) is 0.607. The van der Waals surface area contributed by atoms with Crippen molar-refractivity contribution in [2.75, 3.05) is 34.0 Å². The Hall–Kier alpha value is -2.93. The minimum absolute atomic E-state index is 0.0464. The van der Waals surface area contributed by atoms with Gasteiger partial charge in [0.2, 0.25) is 0 Å². The van der Waals surface area contributed by atoms with Gasteiger partial charge in [0.15, 0.2) is 29.6 Å². The predicted octanol–water partition coefficient (Wildman–Crippen LogP) is 2.33. The maximum atomic E-state index is 12.0. The van der Waals surface area contributed by atoms with Crippen LogP contribution in [-0.2, 0) is 4.79 Å². The van der Waals surface area contributed by atoms with Crippen LogP contribution in [0.4, 0.5) is 0 Å². The summed E-state index contributed by atoms with van der Waals surface area (Å²) in [6, 6.07) is 12.2. The second-order valence-electron chi connectivity index (χ2n) is 5.60. The van der Waals surface area contributed by atoms with E-state index in [1.807, 2.05) is 13.0 Å². The monoisotopic (exact) mass is 375 g/mol. The third-order valence-corrected chi connectivity index (χ3v) is 3.79. The number of rotatable bonds is 10. The zero-order chi connectivity index (χ0) is 19.6. The summed E-state index contributed by atoms with van der Waals surface area (Å²) >= 11 is 0. The first-order chi connectivity index (χ1) is 13.1. The maximum absolute atomic E-state index is 12.0. The van der Waals surface area contributed by atoms with Crippen molar-refractivity contribution in [3.05, 3.63) is 48.0 Å². The molecule has 1 unspecified atom stereocenters. The zero-order valence-electron chi connectivity index (χ0n) is 15.7. The van der Waals surface area contributed by atoms with E-state index in [4.69, 9.17) is 18.9 Å². The number of carbonyl (C=O) groups excluding carboxylic acids is 1. The Morgan fingerprint density at radius 3 is 2.30 bits per heavy atom. The van der Waals surface area contributed by atoms with E-state index in [-0.39, 0.29) is 19.1 Å². The molecule has 7 nitrogen and oxygen atoms in total. The van der Waals surface area contributed by atoms with Gasteiger partial charge in [0, 0.05) is 6.54 Å². The standard InChI is InChI=1S/C20H25NO6/c1-4-26-17-7-5-6-8-18(17)27-13-20(23)21-12-15(22)14-9-10-16(24-2)19(11-14)25-3/h5-11,15,22H,4,12-13H2,1-3H3,(H,21,23). The molecule has 0 spiro atoms. The highest BCUT2D eigenvalue weighted by Crippen LogP contribution is 2.30. The van der Waals surface area contributed by atoms with Crippen molar-refractivity contribution >= 4 is 5.91 Å². The number of ether oxygens (including phenoxy) is 4. The number of hydrogen-bond acceptors (Lipinski definition) is 6. The van der Waals surface area contributed by atoms with E-state index in [0.29, 0.717) is 35.2 Å². The van der Waals surface area contributed by atoms with Crippen molar-refractivity contribution in [2.45, 2.75) is 13.0 Å². The average Bonchev–Trinajstić information content (AvgIpc) is 2.71. The highest BCUT2D eigenvalue weighted by Gasteiger charge is 2.14. The highest BCUT2D eigenvalue weighted by atomic mass is 16.5. The van der Waals surface area contributed by atoms with Crippen LogP contribution in [-0.4, -0.2) is 45.0 Å². The van der Waals surface area contributed by atoms with Crippen LogP contribution in [0.25, 0.3) is 0 Å². The SMILES string of the molecule is CCOc1ccccc1OCC(=O)NCC(O)c1ccc(OC)c(OC)c1. The van der Waals surface area contributed by atoms with Gasteiger partial charge < -0.3 is 29.4 Å². The van der Waals surface area contributed by atoms with Gasteiger partial charge in [-0.25, -0.2) is 0 Å². The van der Waals surface area contributed by atoms with Crippen molar-refractivity contribution in [3.63, 3.8) is 0 Å². The lowest BCUT2D eigenvalue weighted by molar-refractivity contribution is -0.123. The molecule has 0 aromatic heterocycles. The molecule has 0 aliphatic rings. The quantitative estimate of drug-likeness (QED) is 0.663. The normalized spacial score (nSPS) is 11.4. The fourth-order valence-electron chi connectivity index (χ4n) is 2.43. The first-order valence-electron chi connectivity index (χ1n) is 8.60. The van der Waals surface area contributed by atoms with Crippen LogP contribution in [0.15, 0.2) is 42.5 Å². The van der Waals surface area contributed by atoms with Crippen LogP contribution in [0.3, 0.4) is 0 Å². The van der Waals surface area contributed by atoms with Gasteiger partial charge in [0.25, 0.3) is 5.91 Å². The molecule has 0 heterocycles. The summed E-state index contributed by atoms with van der Waals surface area (Å²) in [4.78, 5) is 12.0. The minimum Gasteiger partial charge on any atom is -0.493 e. The molecule has 2 N–H and O–H groups in total. The van der Waals surface area contributed by atoms with Gasteiger partial charge in [0.1, 0.15) is 0 Å². The molecule has 0 fully saturated rings. The summed E-state index contributed by atoms with van der Waals surface area (Å²) in [7, 11) is 3.06. The summed E-state index contributed by atoms with van der Waals surface area (Å²) in [5, 5.41) is 12.9. The van der Waals surface area contributed by atoms with Gasteiger partial charge in [-0.3, -0.25) is 4.79 Å². The van der Waals surface area contributed by atoms with E-state index in [1.54, 1.807) is 36.4 Å². The molecule has 27 heavy (non-hydrogen) atoms. The largest absolute Gasteiger partial charge is 0.493 e. The molecular formula is C20H25NO6. The van der Waals surface area contributed by atoms with Gasteiger partial charge in [-0.2, -0.15) is 0 Å². The van der Waals surface area contributed by atoms with E-state index >= 15 is 0 Å². The molecule has 7 heteroatoms. The first kappa shape index (κ1) is 20.4. The lowest BCUT2D eigenvalue weighted by Gasteiger charge is -2.15. The number of methoxy groups -OCH3 is 2. The topological polar surface area (TPSA) is 86.3 Å². The van der Waals surface area contributed by atoms with Crippen molar-refractivity contribution in [1.29, 1.82) is 0 Å². The second kappa shape index (κ2) is 10.3. The van der Waals surface area contributed by atoms with Crippen LogP contribution in [0.1, 0.15) is 18.6 Å². The van der Waals surface area contributed by atoms with E-state index in [9.17, 15) is 9.90 Å². The Morgan fingerprint density at radius 2 is 1.67 bits per heavy atom. The fourth-order valence-corrected chi connectivity index (χ4v) is 2.43. The Labute approximate surface area is 158 Å². The van der Waals surface area contributed by atoms with E-state index in [2.05, 4.69) is 5.32 Å². The van der Waals surface area contributed by atoms with Crippen LogP contribution in [0.2, 0.25) is 0 Å².